The number of carbonyl (C=O) groups excluding carboxylic acids is 1. The molecule has 1 saturated heterocycles. The van der Waals surface area contributed by atoms with Gasteiger partial charge in [0, 0.05) is 18.7 Å². The zero-order valence-electron chi connectivity index (χ0n) is 15.8. The molecular formula is C20H21N5O3S. The summed E-state index contributed by atoms with van der Waals surface area (Å²) in [7, 11) is -3.69. The monoisotopic (exact) mass is 411 g/mol. The number of H-pyrrole nitrogens is 1. The van der Waals surface area contributed by atoms with E-state index in [-0.39, 0.29) is 29.8 Å². The van der Waals surface area contributed by atoms with Crippen molar-refractivity contribution in [3.63, 3.8) is 0 Å². The lowest BCUT2D eigenvalue weighted by molar-refractivity contribution is 0.0935. The normalized spacial score (nSPS) is 19.9. The number of sulfonamides is 1. The highest BCUT2D eigenvalue weighted by Gasteiger charge is 2.42. The molecule has 1 aliphatic rings. The summed E-state index contributed by atoms with van der Waals surface area (Å²) in [5.41, 5.74) is 0.516. The number of carbonyl (C=O) groups is 1. The molecule has 4 rings (SSSR count). The Bertz CT molecular complexity index is 1100. The number of aromatic amines is 1. The van der Waals surface area contributed by atoms with Gasteiger partial charge in [-0.15, -0.1) is 0 Å². The summed E-state index contributed by atoms with van der Waals surface area (Å²) in [5, 5.41) is 9.97. The van der Waals surface area contributed by atoms with E-state index in [1.165, 1.54) is 4.31 Å². The second-order valence-corrected chi connectivity index (χ2v) is 8.90. The van der Waals surface area contributed by atoms with Crippen molar-refractivity contribution in [2.45, 2.75) is 23.8 Å². The molecule has 9 heteroatoms. The van der Waals surface area contributed by atoms with Crippen LogP contribution in [-0.2, 0) is 10.0 Å². The molecule has 2 atom stereocenters. The molecule has 150 valence electrons. The number of amides is 1. The van der Waals surface area contributed by atoms with Gasteiger partial charge in [0.15, 0.2) is 5.82 Å². The molecular weight excluding hydrogens is 390 g/mol. The van der Waals surface area contributed by atoms with Crippen LogP contribution in [0.1, 0.15) is 27.9 Å². The maximum absolute atomic E-state index is 13.1. The van der Waals surface area contributed by atoms with Crippen LogP contribution in [0.15, 0.2) is 65.6 Å². The molecule has 0 saturated carbocycles. The molecule has 1 aromatic heterocycles. The van der Waals surface area contributed by atoms with E-state index in [0.29, 0.717) is 17.2 Å². The average molecular weight is 411 g/mol. The Morgan fingerprint density at radius 1 is 1.07 bits per heavy atom. The molecule has 8 nitrogen and oxygen atoms in total. The minimum absolute atomic E-state index is 0.147. The minimum Gasteiger partial charge on any atom is -0.347 e. The summed E-state index contributed by atoms with van der Waals surface area (Å²) < 4.78 is 27.5. The fraction of sp³-hybridized carbons (Fsp3) is 0.250. The fourth-order valence-electron chi connectivity index (χ4n) is 3.48. The summed E-state index contributed by atoms with van der Waals surface area (Å²) in [4.78, 5) is 17.3. The second kappa shape index (κ2) is 7.76. The number of benzene rings is 2. The van der Waals surface area contributed by atoms with Gasteiger partial charge in [0.1, 0.15) is 5.82 Å². The summed E-state index contributed by atoms with van der Waals surface area (Å²) in [6, 6.07) is 16.7. The minimum atomic E-state index is -3.69. The van der Waals surface area contributed by atoms with Crippen LogP contribution in [0.5, 0.6) is 0 Å². The average Bonchev–Trinajstić information content (AvgIpc) is 3.36. The number of nitrogens with zero attached hydrogens (tertiary/aromatic N) is 3. The maximum Gasteiger partial charge on any atom is 0.251 e. The first-order valence-electron chi connectivity index (χ1n) is 9.25. The first-order valence-corrected chi connectivity index (χ1v) is 10.7. The SMILES string of the molecule is Cc1nc([C@@H]2CN(S(=O)(=O)c3ccccc3)C[C@H]2NC(=O)c2ccccc2)n[nH]1. The Morgan fingerprint density at radius 3 is 2.34 bits per heavy atom. The highest BCUT2D eigenvalue weighted by molar-refractivity contribution is 7.89. The molecule has 2 aromatic carbocycles. The second-order valence-electron chi connectivity index (χ2n) is 6.97. The van der Waals surface area contributed by atoms with Crippen LogP contribution in [0.2, 0.25) is 0 Å². The molecule has 0 radical (unpaired) electrons. The van der Waals surface area contributed by atoms with E-state index in [4.69, 9.17) is 0 Å². The van der Waals surface area contributed by atoms with Crippen molar-refractivity contribution in [3.8, 4) is 0 Å². The van der Waals surface area contributed by atoms with E-state index < -0.39 is 16.1 Å². The quantitative estimate of drug-likeness (QED) is 0.664. The standard InChI is InChI=1S/C20H21N5O3S/c1-14-21-19(24-23-14)17-12-25(29(27,28)16-10-6-3-7-11-16)13-18(17)22-20(26)15-8-4-2-5-9-15/h2-11,17-18H,12-13H2,1H3,(H,22,26)(H,21,23,24)/t17-,18-/m1/s1. The molecule has 2 heterocycles. The van der Waals surface area contributed by atoms with Gasteiger partial charge >= 0.3 is 0 Å². The highest BCUT2D eigenvalue weighted by atomic mass is 32.2. The van der Waals surface area contributed by atoms with Gasteiger partial charge in [-0.25, -0.2) is 13.4 Å². The third kappa shape index (κ3) is 3.92. The lowest BCUT2D eigenvalue weighted by Gasteiger charge is -2.18. The van der Waals surface area contributed by atoms with Crippen LogP contribution < -0.4 is 5.32 Å². The highest BCUT2D eigenvalue weighted by Crippen LogP contribution is 2.30. The smallest absolute Gasteiger partial charge is 0.251 e. The Balaban J connectivity index is 1.62. The third-order valence-corrected chi connectivity index (χ3v) is 6.81. The van der Waals surface area contributed by atoms with Gasteiger partial charge in [-0.2, -0.15) is 9.40 Å². The summed E-state index contributed by atoms with van der Waals surface area (Å²) in [5.74, 6) is 0.516. The Morgan fingerprint density at radius 2 is 1.72 bits per heavy atom. The lowest BCUT2D eigenvalue weighted by atomic mass is 10.0. The molecule has 0 bridgehead atoms. The summed E-state index contributed by atoms with van der Waals surface area (Å²) in [6.45, 7) is 2.11. The molecule has 0 aliphatic carbocycles. The van der Waals surface area contributed by atoms with Crippen LogP contribution in [-0.4, -0.2) is 52.9 Å². The Labute approximate surface area is 169 Å². The van der Waals surface area contributed by atoms with Gasteiger partial charge in [0.05, 0.1) is 16.9 Å². The van der Waals surface area contributed by atoms with Crippen LogP contribution in [0.3, 0.4) is 0 Å². The molecule has 3 aromatic rings. The van der Waals surface area contributed by atoms with E-state index in [1.807, 2.05) is 6.07 Å². The largest absolute Gasteiger partial charge is 0.347 e. The van der Waals surface area contributed by atoms with Gasteiger partial charge in [-0.05, 0) is 31.2 Å². The predicted octanol–water partition coefficient (Wildman–Crippen LogP) is 1.70. The van der Waals surface area contributed by atoms with E-state index in [0.717, 1.165) is 0 Å². The molecule has 1 amide bonds. The zero-order valence-corrected chi connectivity index (χ0v) is 16.6. The van der Waals surface area contributed by atoms with Gasteiger partial charge in [0.25, 0.3) is 5.91 Å². The number of nitrogens with one attached hydrogen (secondary N) is 2. The summed E-state index contributed by atoms with van der Waals surface area (Å²) >= 11 is 0. The predicted molar refractivity (Wildman–Crippen MR) is 107 cm³/mol. The number of hydrogen-bond donors (Lipinski definition) is 2. The maximum atomic E-state index is 13.1. The Kier molecular flexibility index (Phi) is 5.16. The third-order valence-electron chi connectivity index (χ3n) is 4.97. The summed E-state index contributed by atoms with van der Waals surface area (Å²) in [6.07, 6.45) is 0. The fourth-order valence-corrected chi connectivity index (χ4v) is 4.99. The number of aryl methyl sites for hydroxylation is 1. The van der Waals surface area contributed by atoms with Crippen molar-refractivity contribution < 1.29 is 13.2 Å². The molecule has 0 spiro atoms. The number of rotatable bonds is 5. The van der Waals surface area contributed by atoms with Crippen LogP contribution >= 0.6 is 0 Å². The van der Waals surface area contributed by atoms with Crippen molar-refractivity contribution >= 4 is 15.9 Å². The Hall–Kier alpha value is -3.04. The van der Waals surface area contributed by atoms with Crippen molar-refractivity contribution in [3.05, 3.63) is 77.9 Å². The molecule has 0 unspecified atom stereocenters. The zero-order chi connectivity index (χ0) is 20.4. The molecule has 29 heavy (non-hydrogen) atoms. The molecule has 2 N–H and O–H groups in total. The van der Waals surface area contributed by atoms with Crippen molar-refractivity contribution in [2.24, 2.45) is 0 Å². The first-order chi connectivity index (χ1) is 13.9. The van der Waals surface area contributed by atoms with Gasteiger partial charge in [-0.1, -0.05) is 36.4 Å². The van der Waals surface area contributed by atoms with Crippen molar-refractivity contribution in [1.82, 2.24) is 24.8 Å². The van der Waals surface area contributed by atoms with E-state index in [2.05, 4.69) is 20.5 Å². The van der Waals surface area contributed by atoms with Crippen molar-refractivity contribution in [1.29, 1.82) is 0 Å². The van der Waals surface area contributed by atoms with Crippen LogP contribution in [0.25, 0.3) is 0 Å². The number of hydrogen-bond acceptors (Lipinski definition) is 5. The van der Waals surface area contributed by atoms with E-state index >= 15 is 0 Å². The van der Waals surface area contributed by atoms with Crippen molar-refractivity contribution in [2.75, 3.05) is 13.1 Å². The topological polar surface area (TPSA) is 108 Å². The molecule has 1 fully saturated rings. The molecule has 1 aliphatic heterocycles. The van der Waals surface area contributed by atoms with Gasteiger partial charge in [-0.3, -0.25) is 9.89 Å². The van der Waals surface area contributed by atoms with Gasteiger partial charge in [0.2, 0.25) is 10.0 Å². The number of aromatic nitrogens is 3. The van der Waals surface area contributed by atoms with E-state index in [9.17, 15) is 13.2 Å². The lowest BCUT2D eigenvalue weighted by Crippen LogP contribution is -2.40. The van der Waals surface area contributed by atoms with Crippen LogP contribution in [0.4, 0.5) is 0 Å². The van der Waals surface area contributed by atoms with Crippen LogP contribution in [0, 0.1) is 6.92 Å². The first kappa shape index (κ1) is 19.3. The van der Waals surface area contributed by atoms with E-state index in [1.54, 1.807) is 61.5 Å². The van der Waals surface area contributed by atoms with Gasteiger partial charge < -0.3 is 5.32 Å².